The Hall–Kier alpha value is -3.24. The van der Waals surface area contributed by atoms with Gasteiger partial charge in [-0.1, -0.05) is 12.5 Å². The average molecular weight is 463 g/mol. The first kappa shape index (κ1) is 23.9. The highest BCUT2D eigenvalue weighted by Crippen LogP contribution is 2.31. The van der Waals surface area contributed by atoms with Crippen molar-refractivity contribution in [3.05, 3.63) is 64.5 Å². The molecule has 1 aliphatic heterocycles. The van der Waals surface area contributed by atoms with Crippen molar-refractivity contribution in [1.29, 1.82) is 5.26 Å². The molecule has 0 bridgehead atoms. The molecule has 2 aromatic rings. The number of rotatable bonds is 6. The van der Waals surface area contributed by atoms with E-state index in [2.05, 4.69) is 17.1 Å². The van der Waals surface area contributed by atoms with Crippen molar-refractivity contribution in [2.24, 2.45) is 5.92 Å². The van der Waals surface area contributed by atoms with E-state index < -0.39 is 5.82 Å². The molecule has 0 aromatic heterocycles. The summed E-state index contributed by atoms with van der Waals surface area (Å²) >= 11 is 0. The third-order valence-corrected chi connectivity index (χ3v) is 7.10. The monoisotopic (exact) mass is 462 g/mol. The zero-order valence-electron chi connectivity index (χ0n) is 19.8. The molecule has 2 fully saturated rings. The van der Waals surface area contributed by atoms with E-state index >= 15 is 0 Å². The highest BCUT2D eigenvalue weighted by atomic mass is 19.1. The third kappa shape index (κ3) is 5.45. The second-order valence-electron chi connectivity index (χ2n) is 9.56. The second kappa shape index (κ2) is 10.4. The molecule has 7 heteroatoms. The number of hydrogen-bond acceptors (Lipinski definition) is 4. The Morgan fingerprint density at radius 2 is 2.00 bits per heavy atom. The van der Waals surface area contributed by atoms with Crippen molar-refractivity contribution in [3.8, 4) is 6.07 Å². The van der Waals surface area contributed by atoms with Crippen LogP contribution in [0.4, 0.5) is 10.1 Å². The second-order valence-corrected chi connectivity index (χ2v) is 9.56. The van der Waals surface area contributed by atoms with Crippen LogP contribution in [0.25, 0.3) is 0 Å². The van der Waals surface area contributed by atoms with Gasteiger partial charge in [-0.3, -0.25) is 14.5 Å². The van der Waals surface area contributed by atoms with Crippen LogP contribution in [0.2, 0.25) is 0 Å². The summed E-state index contributed by atoms with van der Waals surface area (Å²) in [5, 5.41) is 11.9. The molecule has 1 aliphatic carbocycles. The molecular formula is C27H31FN4O2. The summed E-state index contributed by atoms with van der Waals surface area (Å²) in [5.74, 6) is 0.0148. The highest BCUT2D eigenvalue weighted by Gasteiger charge is 2.30. The first-order chi connectivity index (χ1) is 16.3. The minimum Gasteiger partial charge on any atom is -0.337 e. The summed E-state index contributed by atoms with van der Waals surface area (Å²) in [6.07, 6.45) is 4.24. The van der Waals surface area contributed by atoms with Gasteiger partial charge in [0.1, 0.15) is 5.82 Å². The summed E-state index contributed by atoms with van der Waals surface area (Å²) < 4.78 is 14.5. The number of halogens is 1. The van der Waals surface area contributed by atoms with Crippen LogP contribution < -0.4 is 5.32 Å². The minimum atomic E-state index is -0.413. The number of carbonyl (C=O) groups excluding carboxylic acids is 2. The molecule has 34 heavy (non-hydrogen) atoms. The van der Waals surface area contributed by atoms with Crippen LogP contribution in [-0.4, -0.2) is 47.3 Å². The number of nitriles is 1. The van der Waals surface area contributed by atoms with Crippen molar-refractivity contribution in [2.75, 3.05) is 25.0 Å². The number of nitrogens with one attached hydrogen (secondary N) is 1. The van der Waals surface area contributed by atoms with Crippen molar-refractivity contribution >= 4 is 17.5 Å². The van der Waals surface area contributed by atoms with Crippen molar-refractivity contribution < 1.29 is 14.0 Å². The van der Waals surface area contributed by atoms with E-state index in [1.165, 1.54) is 37.5 Å². The lowest BCUT2D eigenvalue weighted by Crippen LogP contribution is -2.54. The Morgan fingerprint density at radius 1 is 1.21 bits per heavy atom. The smallest absolute Gasteiger partial charge is 0.255 e. The molecular weight excluding hydrogens is 431 g/mol. The lowest BCUT2D eigenvalue weighted by Gasteiger charge is -2.41. The van der Waals surface area contributed by atoms with Crippen molar-refractivity contribution in [1.82, 2.24) is 9.80 Å². The SMILES string of the molecule is Cc1c(CN2CCN(C(=O)CC3CCC3)C(C)C2)cc(F)cc1NC(=O)c1cccc(C#N)c1. The highest BCUT2D eigenvalue weighted by molar-refractivity contribution is 6.04. The fourth-order valence-electron chi connectivity index (χ4n) is 4.80. The molecule has 2 amide bonds. The standard InChI is InChI=1S/C27H31FN4O2/c1-18-16-31(9-10-32(18)26(33)12-20-5-3-6-20)17-23-13-24(28)14-25(19(23)2)30-27(34)22-8-4-7-21(11-22)15-29/h4,7-8,11,13-14,18,20H,3,5-6,9-10,12,16-17H2,1-2H3,(H,30,34). The molecule has 1 saturated heterocycles. The predicted octanol–water partition coefficient (Wildman–Crippen LogP) is 4.48. The topological polar surface area (TPSA) is 76.4 Å². The zero-order valence-corrected chi connectivity index (χ0v) is 19.8. The Bertz CT molecular complexity index is 1120. The average Bonchev–Trinajstić information content (AvgIpc) is 2.79. The molecule has 0 spiro atoms. The van der Waals surface area contributed by atoms with Crippen molar-refractivity contribution in [2.45, 2.75) is 52.1 Å². The van der Waals surface area contributed by atoms with Gasteiger partial charge in [0, 0.05) is 49.9 Å². The summed E-state index contributed by atoms with van der Waals surface area (Å²) in [4.78, 5) is 29.6. The molecule has 6 nitrogen and oxygen atoms in total. The lowest BCUT2D eigenvalue weighted by molar-refractivity contribution is -0.137. The van der Waals surface area contributed by atoms with E-state index in [0.29, 0.717) is 42.2 Å². The number of benzene rings is 2. The van der Waals surface area contributed by atoms with Gasteiger partial charge in [0.25, 0.3) is 5.91 Å². The fraction of sp³-hybridized carbons (Fsp3) is 0.444. The molecule has 2 aromatic carbocycles. The number of nitrogens with zero attached hydrogens (tertiary/aromatic N) is 3. The predicted molar refractivity (Wildman–Crippen MR) is 129 cm³/mol. The molecule has 1 N–H and O–H groups in total. The van der Waals surface area contributed by atoms with Crippen LogP contribution in [0.1, 0.15) is 59.7 Å². The summed E-state index contributed by atoms with van der Waals surface area (Å²) in [5.41, 5.74) is 2.78. The number of piperazine rings is 1. The largest absolute Gasteiger partial charge is 0.337 e. The van der Waals surface area contributed by atoms with E-state index in [1.54, 1.807) is 18.2 Å². The molecule has 1 saturated carbocycles. The summed E-state index contributed by atoms with van der Waals surface area (Å²) in [7, 11) is 0. The first-order valence-electron chi connectivity index (χ1n) is 12.0. The summed E-state index contributed by atoms with van der Waals surface area (Å²) in [6.45, 7) is 6.64. The number of hydrogen-bond donors (Lipinski definition) is 1. The van der Waals surface area contributed by atoms with Crippen molar-refractivity contribution in [3.63, 3.8) is 0 Å². The van der Waals surface area contributed by atoms with E-state index in [0.717, 1.165) is 24.2 Å². The summed E-state index contributed by atoms with van der Waals surface area (Å²) in [6, 6.07) is 11.4. The van der Waals surface area contributed by atoms with Crippen LogP contribution in [-0.2, 0) is 11.3 Å². The molecule has 0 radical (unpaired) electrons. The van der Waals surface area contributed by atoms with Crippen LogP contribution in [0.3, 0.4) is 0 Å². The van der Waals surface area contributed by atoms with E-state index in [9.17, 15) is 14.0 Å². The molecule has 1 unspecified atom stereocenters. The van der Waals surface area contributed by atoms with Crippen LogP contribution >= 0.6 is 0 Å². The maximum absolute atomic E-state index is 14.5. The normalized spacial score (nSPS) is 18.8. The molecule has 1 heterocycles. The van der Waals surface area contributed by atoms with Gasteiger partial charge in [-0.15, -0.1) is 0 Å². The maximum Gasteiger partial charge on any atom is 0.255 e. The van der Waals surface area contributed by atoms with Gasteiger partial charge >= 0.3 is 0 Å². The lowest BCUT2D eigenvalue weighted by atomic mass is 9.82. The maximum atomic E-state index is 14.5. The molecule has 1 atom stereocenters. The number of amides is 2. The molecule has 4 rings (SSSR count). The number of carbonyl (C=O) groups is 2. The Kier molecular flexibility index (Phi) is 7.28. The van der Waals surface area contributed by atoms with Gasteiger partial charge in [0.05, 0.1) is 11.6 Å². The Labute approximate surface area is 200 Å². The van der Waals surface area contributed by atoms with Crippen LogP contribution in [0.5, 0.6) is 0 Å². The zero-order chi connectivity index (χ0) is 24.2. The minimum absolute atomic E-state index is 0.113. The fourth-order valence-corrected chi connectivity index (χ4v) is 4.80. The van der Waals surface area contributed by atoms with Gasteiger partial charge in [-0.05, 0) is 74.1 Å². The molecule has 2 aliphatic rings. The quantitative estimate of drug-likeness (QED) is 0.687. The first-order valence-corrected chi connectivity index (χ1v) is 12.0. The van der Waals surface area contributed by atoms with Gasteiger partial charge in [0.2, 0.25) is 5.91 Å². The van der Waals surface area contributed by atoms with Gasteiger partial charge in [-0.2, -0.15) is 5.26 Å². The van der Waals surface area contributed by atoms with Gasteiger partial charge in [-0.25, -0.2) is 4.39 Å². The van der Waals surface area contributed by atoms with E-state index in [-0.39, 0.29) is 17.9 Å². The van der Waals surface area contributed by atoms with Crippen LogP contribution in [0.15, 0.2) is 36.4 Å². The van der Waals surface area contributed by atoms with Gasteiger partial charge in [0.15, 0.2) is 0 Å². The van der Waals surface area contributed by atoms with Gasteiger partial charge < -0.3 is 10.2 Å². The van der Waals surface area contributed by atoms with E-state index in [4.69, 9.17) is 5.26 Å². The molecule has 178 valence electrons. The van der Waals surface area contributed by atoms with E-state index in [1.807, 2.05) is 17.9 Å². The Morgan fingerprint density at radius 3 is 2.68 bits per heavy atom. The number of anilines is 1. The van der Waals surface area contributed by atoms with Crippen LogP contribution in [0, 0.1) is 30.0 Å². The Balaban J connectivity index is 1.41. The third-order valence-electron chi connectivity index (χ3n) is 7.10.